The fraction of sp³-hybridized carbons (Fsp3) is 0.923. The molecular weight excluding hydrogens is 214 g/mol. The molecule has 0 bridgehead atoms. The van der Waals surface area contributed by atoms with E-state index < -0.39 is 0 Å². The van der Waals surface area contributed by atoms with Gasteiger partial charge in [-0.25, -0.2) is 4.79 Å². The van der Waals surface area contributed by atoms with Crippen molar-refractivity contribution >= 4 is 6.03 Å². The minimum Gasteiger partial charge on any atom is -0.337 e. The summed E-state index contributed by atoms with van der Waals surface area (Å²) >= 11 is 0. The third-order valence-electron chi connectivity index (χ3n) is 4.11. The normalized spacial score (nSPS) is 27.0. The van der Waals surface area contributed by atoms with E-state index in [2.05, 4.69) is 22.6 Å². The summed E-state index contributed by atoms with van der Waals surface area (Å²) in [6.45, 7) is 1.95. The number of piperidine rings is 1. The van der Waals surface area contributed by atoms with Crippen LogP contribution in [0.2, 0.25) is 0 Å². The number of amides is 2. The molecule has 1 heterocycles. The van der Waals surface area contributed by atoms with Gasteiger partial charge in [0.05, 0.1) is 0 Å². The molecule has 1 saturated carbocycles. The maximum absolute atomic E-state index is 11.7. The lowest BCUT2D eigenvalue weighted by Crippen LogP contribution is -2.48. The molecule has 1 unspecified atom stereocenters. The number of urea groups is 1. The van der Waals surface area contributed by atoms with Crippen LogP contribution < -0.4 is 10.6 Å². The Morgan fingerprint density at radius 2 is 1.88 bits per heavy atom. The van der Waals surface area contributed by atoms with Gasteiger partial charge in [0.25, 0.3) is 0 Å². The number of likely N-dealkylation sites (tertiary alicyclic amines) is 1. The zero-order chi connectivity index (χ0) is 12.1. The van der Waals surface area contributed by atoms with E-state index in [0.717, 1.165) is 25.9 Å². The number of carbonyl (C=O) groups is 1. The number of rotatable bonds is 3. The SMILES string of the molecule is CN1CCCCC1CNC(=O)NC1CCCC1. The van der Waals surface area contributed by atoms with Crippen molar-refractivity contribution in [2.45, 2.75) is 57.0 Å². The van der Waals surface area contributed by atoms with E-state index in [0.29, 0.717) is 12.1 Å². The van der Waals surface area contributed by atoms with Crippen LogP contribution in [-0.4, -0.2) is 43.2 Å². The van der Waals surface area contributed by atoms with Crippen LogP contribution in [0.1, 0.15) is 44.9 Å². The Morgan fingerprint density at radius 3 is 2.59 bits per heavy atom. The molecule has 1 saturated heterocycles. The minimum atomic E-state index is 0.0240. The van der Waals surface area contributed by atoms with Crippen LogP contribution in [0.15, 0.2) is 0 Å². The Balaban J connectivity index is 1.64. The van der Waals surface area contributed by atoms with Gasteiger partial charge in [0.1, 0.15) is 0 Å². The zero-order valence-corrected chi connectivity index (χ0v) is 10.9. The second-order valence-corrected chi connectivity index (χ2v) is 5.47. The monoisotopic (exact) mass is 239 g/mol. The first-order valence-electron chi connectivity index (χ1n) is 7.00. The van der Waals surface area contributed by atoms with Crippen LogP contribution in [0.3, 0.4) is 0 Å². The third-order valence-corrected chi connectivity index (χ3v) is 4.11. The number of nitrogens with one attached hydrogen (secondary N) is 2. The molecule has 1 atom stereocenters. The largest absolute Gasteiger partial charge is 0.337 e. The summed E-state index contributed by atoms with van der Waals surface area (Å²) in [4.78, 5) is 14.1. The van der Waals surface area contributed by atoms with Gasteiger partial charge >= 0.3 is 6.03 Å². The molecule has 17 heavy (non-hydrogen) atoms. The van der Waals surface area contributed by atoms with Crippen molar-refractivity contribution in [1.82, 2.24) is 15.5 Å². The van der Waals surface area contributed by atoms with Gasteiger partial charge in [0.2, 0.25) is 0 Å². The standard InChI is InChI=1S/C13H25N3O/c1-16-9-5-4-8-12(16)10-14-13(17)15-11-6-2-3-7-11/h11-12H,2-10H2,1H3,(H2,14,15,17). The fourth-order valence-corrected chi connectivity index (χ4v) is 2.92. The Hall–Kier alpha value is -0.770. The van der Waals surface area contributed by atoms with Crippen molar-refractivity contribution in [2.24, 2.45) is 0 Å². The summed E-state index contributed by atoms with van der Waals surface area (Å²) in [5.41, 5.74) is 0. The number of hydrogen-bond donors (Lipinski definition) is 2. The summed E-state index contributed by atoms with van der Waals surface area (Å²) < 4.78 is 0. The highest BCUT2D eigenvalue weighted by atomic mass is 16.2. The van der Waals surface area contributed by atoms with Gasteiger partial charge < -0.3 is 15.5 Å². The minimum absolute atomic E-state index is 0.0240. The van der Waals surface area contributed by atoms with E-state index in [9.17, 15) is 4.79 Å². The molecule has 1 aliphatic carbocycles. The lowest BCUT2D eigenvalue weighted by molar-refractivity contribution is 0.179. The second-order valence-electron chi connectivity index (χ2n) is 5.47. The molecule has 0 spiro atoms. The van der Waals surface area contributed by atoms with E-state index in [-0.39, 0.29) is 6.03 Å². The van der Waals surface area contributed by atoms with E-state index in [1.54, 1.807) is 0 Å². The molecule has 2 rings (SSSR count). The van der Waals surface area contributed by atoms with Crippen LogP contribution in [0.25, 0.3) is 0 Å². The summed E-state index contributed by atoms with van der Waals surface area (Å²) in [5, 5.41) is 6.08. The quantitative estimate of drug-likeness (QED) is 0.787. The molecule has 0 aromatic heterocycles. The number of likely N-dealkylation sites (N-methyl/N-ethyl adjacent to an activating group) is 1. The van der Waals surface area contributed by atoms with Crippen molar-refractivity contribution < 1.29 is 4.79 Å². The highest BCUT2D eigenvalue weighted by Gasteiger charge is 2.20. The highest BCUT2D eigenvalue weighted by Crippen LogP contribution is 2.17. The van der Waals surface area contributed by atoms with Crippen LogP contribution in [0.4, 0.5) is 4.79 Å². The Bertz CT molecular complexity index is 251. The van der Waals surface area contributed by atoms with Gasteiger partial charge in [-0.2, -0.15) is 0 Å². The average molecular weight is 239 g/mol. The Labute approximate surface area is 104 Å². The summed E-state index contributed by atoms with van der Waals surface area (Å²) in [6, 6.07) is 0.966. The fourth-order valence-electron chi connectivity index (χ4n) is 2.92. The molecule has 0 aromatic carbocycles. The smallest absolute Gasteiger partial charge is 0.315 e. The van der Waals surface area contributed by atoms with Crippen molar-refractivity contribution in [2.75, 3.05) is 20.1 Å². The first kappa shape index (κ1) is 12.7. The molecular formula is C13H25N3O. The van der Waals surface area contributed by atoms with Gasteiger partial charge in [0, 0.05) is 18.6 Å². The molecule has 4 heteroatoms. The van der Waals surface area contributed by atoms with Crippen LogP contribution in [-0.2, 0) is 0 Å². The summed E-state index contributed by atoms with van der Waals surface area (Å²) in [7, 11) is 2.15. The zero-order valence-electron chi connectivity index (χ0n) is 10.9. The van der Waals surface area contributed by atoms with E-state index in [1.807, 2.05) is 0 Å². The van der Waals surface area contributed by atoms with E-state index in [1.165, 1.54) is 32.1 Å². The first-order chi connectivity index (χ1) is 8.25. The maximum Gasteiger partial charge on any atom is 0.315 e. The molecule has 2 aliphatic rings. The number of nitrogens with zero attached hydrogens (tertiary/aromatic N) is 1. The van der Waals surface area contributed by atoms with Crippen LogP contribution in [0.5, 0.6) is 0 Å². The number of hydrogen-bond acceptors (Lipinski definition) is 2. The lowest BCUT2D eigenvalue weighted by Gasteiger charge is -2.32. The van der Waals surface area contributed by atoms with Crippen molar-refractivity contribution in [3.05, 3.63) is 0 Å². The molecule has 2 fully saturated rings. The molecule has 0 radical (unpaired) electrons. The molecule has 2 N–H and O–H groups in total. The summed E-state index contributed by atoms with van der Waals surface area (Å²) in [6.07, 6.45) is 8.61. The van der Waals surface area contributed by atoms with E-state index >= 15 is 0 Å². The predicted molar refractivity (Wildman–Crippen MR) is 69.1 cm³/mol. The molecule has 4 nitrogen and oxygen atoms in total. The Kier molecular flexibility index (Phi) is 4.66. The molecule has 2 amide bonds. The maximum atomic E-state index is 11.7. The van der Waals surface area contributed by atoms with Crippen molar-refractivity contribution in [3.63, 3.8) is 0 Å². The van der Waals surface area contributed by atoms with Crippen molar-refractivity contribution in [3.8, 4) is 0 Å². The highest BCUT2D eigenvalue weighted by molar-refractivity contribution is 5.74. The average Bonchev–Trinajstić information content (AvgIpc) is 2.81. The summed E-state index contributed by atoms with van der Waals surface area (Å²) in [5.74, 6) is 0. The van der Waals surface area contributed by atoms with Gasteiger partial charge in [-0.15, -0.1) is 0 Å². The van der Waals surface area contributed by atoms with Crippen LogP contribution >= 0.6 is 0 Å². The number of carbonyl (C=O) groups excluding carboxylic acids is 1. The molecule has 98 valence electrons. The molecule has 1 aliphatic heterocycles. The first-order valence-corrected chi connectivity index (χ1v) is 7.00. The van der Waals surface area contributed by atoms with Crippen LogP contribution in [0, 0.1) is 0 Å². The van der Waals surface area contributed by atoms with Gasteiger partial charge in [-0.3, -0.25) is 0 Å². The lowest BCUT2D eigenvalue weighted by atomic mass is 10.0. The van der Waals surface area contributed by atoms with Gasteiger partial charge in [-0.05, 0) is 39.3 Å². The topological polar surface area (TPSA) is 44.4 Å². The van der Waals surface area contributed by atoms with E-state index in [4.69, 9.17) is 0 Å². The predicted octanol–water partition coefficient (Wildman–Crippen LogP) is 1.71. The van der Waals surface area contributed by atoms with Gasteiger partial charge in [-0.1, -0.05) is 19.3 Å². The molecule has 0 aromatic rings. The third kappa shape index (κ3) is 3.87. The Morgan fingerprint density at radius 1 is 1.18 bits per heavy atom. The second kappa shape index (κ2) is 6.24. The van der Waals surface area contributed by atoms with Crippen molar-refractivity contribution in [1.29, 1.82) is 0 Å². The van der Waals surface area contributed by atoms with Gasteiger partial charge in [0.15, 0.2) is 0 Å².